The molecule has 4 nitrogen and oxygen atoms in total. The van der Waals surface area contributed by atoms with Gasteiger partial charge in [-0.25, -0.2) is 0 Å². The number of halogens is 5. The number of hydrogen-bond donors (Lipinski definition) is 0. The Bertz CT molecular complexity index is 1230. The van der Waals surface area contributed by atoms with Gasteiger partial charge >= 0.3 is 25.2 Å². The van der Waals surface area contributed by atoms with Crippen molar-refractivity contribution >= 4 is 30.3 Å². The van der Waals surface area contributed by atoms with Crippen LogP contribution in [0.25, 0.3) is 0 Å². The number of ether oxygens (including phenoxy) is 1. The first-order valence-electron chi connectivity index (χ1n) is 16.1. The van der Waals surface area contributed by atoms with Crippen molar-refractivity contribution in [3.63, 3.8) is 0 Å². The summed E-state index contributed by atoms with van der Waals surface area (Å²) in [6, 6.07) is 6.56. The summed E-state index contributed by atoms with van der Waals surface area (Å²) in [5.41, 5.74) is 2.54. The molecule has 2 saturated carbocycles. The van der Waals surface area contributed by atoms with Crippen LogP contribution in [0.4, 0.5) is 22.0 Å². The minimum absolute atomic E-state index is 0.125. The topological polar surface area (TPSA) is 44.8 Å². The van der Waals surface area contributed by atoms with Crippen LogP contribution in [0.5, 0.6) is 0 Å². The molecule has 1 heterocycles. The average molecular weight is 645 g/mol. The zero-order chi connectivity index (χ0) is 32.3. The molecule has 7 atom stereocenters. The second kappa shape index (κ2) is 12.0. The predicted molar refractivity (Wildman–Crippen MR) is 163 cm³/mol. The molecule has 11 heteroatoms. The van der Waals surface area contributed by atoms with Crippen LogP contribution in [0.1, 0.15) is 104 Å². The van der Waals surface area contributed by atoms with Gasteiger partial charge in [-0.3, -0.25) is 4.79 Å². The summed E-state index contributed by atoms with van der Waals surface area (Å²) >= 11 is 1.48. The molecule has 0 spiro atoms. The molecule has 4 aliphatic rings. The van der Waals surface area contributed by atoms with Crippen LogP contribution >= 0.6 is 11.8 Å². The quantitative estimate of drug-likeness (QED) is 0.118. The Balaban J connectivity index is 1.38. The van der Waals surface area contributed by atoms with Gasteiger partial charge in [0.25, 0.3) is 0 Å². The summed E-state index contributed by atoms with van der Waals surface area (Å²) in [6.07, 6.45) is -1.74. The third-order valence-electron chi connectivity index (χ3n) is 11.7. The molecule has 1 aromatic carbocycles. The molecule has 1 saturated heterocycles. The van der Waals surface area contributed by atoms with Crippen molar-refractivity contribution in [3.05, 3.63) is 29.3 Å². The molecule has 1 unspecified atom stereocenters. The first-order valence-corrected chi connectivity index (χ1v) is 17.3. The number of alkyl halides is 5. The SMILES string of the molecule is CCC1(C)OB(c2ccc3c(c2)C[C@@H](CSCCCC(F)(F)C(F)(F)F)[C@@H]2[C@@H]3CC[C@]3(C)[C@@H](OC(C)=O)CC[C@@H]23)OC1(C)C. The number of esters is 1. The molecule has 1 aromatic rings. The fourth-order valence-corrected chi connectivity index (χ4v) is 9.83. The van der Waals surface area contributed by atoms with Crippen LogP contribution in [0.2, 0.25) is 0 Å². The van der Waals surface area contributed by atoms with Crippen LogP contribution in [0.15, 0.2) is 18.2 Å². The molecule has 1 aliphatic heterocycles. The first kappa shape index (κ1) is 34.0. The maximum atomic E-state index is 13.5. The van der Waals surface area contributed by atoms with Gasteiger partial charge in [-0.1, -0.05) is 32.0 Å². The van der Waals surface area contributed by atoms with E-state index in [1.807, 2.05) is 0 Å². The summed E-state index contributed by atoms with van der Waals surface area (Å²) in [5.74, 6) is -2.80. The van der Waals surface area contributed by atoms with E-state index < -0.39 is 36.8 Å². The molecule has 44 heavy (non-hydrogen) atoms. The lowest BCUT2D eigenvalue weighted by atomic mass is 9.52. The van der Waals surface area contributed by atoms with E-state index in [9.17, 15) is 26.7 Å². The van der Waals surface area contributed by atoms with Gasteiger partial charge < -0.3 is 14.0 Å². The van der Waals surface area contributed by atoms with E-state index in [0.29, 0.717) is 23.5 Å². The molecule has 3 fully saturated rings. The highest BCUT2D eigenvalue weighted by atomic mass is 32.2. The Morgan fingerprint density at radius 2 is 1.82 bits per heavy atom. The Labute approximate surface area is 263 Å². The number of rotatable bonds is 9. The van der Waals surface area contributed by atoms with Crippen molar-refractivity contribution < 1.29 is 40.8 Å². The van der Waals surface area contributed by atoms with Gasteiger partial charge in [-0.15, -0.1) is 0 Å². The van der Waals surface area contributed by atoms with Crippen LogP contribution < -0.4 is 5.46 Å². The van der Waals surface area contributed by atoms with Gasteiger partial charge in [0.05, 0.1) is 11.2 Å². The second-order valence-electron chi connectivity index (χ2n) is 14.5. The van der Waals surface area contributed by atoms with Crippen molar-refractivity contribution in [2.45, 2.75) is 128 Å². The van der Waals surface area contributed by atoms with Gasteiger partial charge in [0.15, 0.2) is 0 Å². The largest absolute Gasteiger partial charge is 0.494 e. The maximum Gasteiger partial charge on any atom is 0.494 e. The Kier molecular flexibility index (Phi) is 9.31. The monoisotopic (exact) mass is 644 g/mol. The zero-order valence-electron chi connectivity index (χ0n) is 26.7. The first-order chi connectivity index (χ1) is 20.4. The van der Waals surface area contributed by atoms with Crippen LogP contribution in [0, 0.1) is 23.2 Å². The number of benzene rings is 1. The van der Waals surface area contributed by atoms with E-state index in [-0.39, 0.29) is 35.6 Å². The maximum absolute atomic E-state index is 13.5. The second-order valence-corrected chi connectivity index (χ2v) is 15.6. The molecular weight excluding hydrogens is 598 g/mol. The van der Waals surface area contributed by atoms with Gasteiger partial charge in [0.1, 0.15) is 6.10 Å². The zero-order valence-corrected chi connectivity index (χ0v) is 27.5. The fraction of sp³-hybridized carbons (Fsp3) is 0.788. The van der Waals surface area contributed by atoms with E-state index >= 15 is 0 Å². The highest BCUT2D eigenvalue weighted by molar-refractivity contribution is 7.99. The average Bonchev–Trinajstić information content (AvgIpc) is 3.38. The molecule has 5 rings (SSSR count). The lowest BCUT2D eigenvalue weighted by molar-refractivity contribution is -0.284. The number of thioether (sulfide) groups is 1. The summed E-state index contributed by atoms with van der Waals surface area (Å²) in [4.78, 5) is 11.9. The highest BCUT2D eigenvalue weighted by Crippen LogP contribution is 2.63. The smallest absolute Gasteiger partial charge is 0.462 e. The van der Waals surface area contributed by atoms with Crippen LogP contribution in [0.3, 0.4) is 0 Å². The Hall–Kier alpha value is -1.33. The lowest BCUT2D eigenvalue weighted by Crippen LogP contribution is -2.48. The van der Waals surface area contributed by atoms with Gasteiger partial charge in [0, 0.05) is 18.8 Å². The minimum Gasteiger partial charge on any atom is -0.462 e. The third kappa shape index (κ3) is 6.07. The van der Waals surface area contributed by atoms with E-state index in [4.69, 9.17) is 14.0 Å². The Morgan fingerprint density at radius 3 is 2.45 bits per heavy atom. The molecule has 3 aliphatic carbocycles. The highest BCUT2D eigenvalue weighted by Gasteiger charge is 2.59. The molecule has 0 aromatic heterocycles. The van der Waals surface area contributed by atoms with Crippen molar-refractivity contribution in [3.8, 4) is 0 Å². The number of hydrogen-bond acceptors (Lipinski definition) is 5. The van der Waals surface area contributed by atoms with Crippen LogP contribution in [-0.4, -0.2) is 54.0 Å². The van der Waals surface area contributed by atoms with Crippen molar-refractivity contribution in [1.82, 2.24) is 0 Å². The lowest BCUT2D eigenvalue weighted by Gasteiger charge is -2.53. The van der Waals surface area contributed by atoms with Crippen LogP contribution in [-0.2, 0) is 25.3 Å². The number of fused-ring (bicyclic) bond motifs is 5. The van der Waals surface area contributed by atoms with Crippen molar-refractivity contribution in [2.75, 3.05) is 11.5 Å². The van der Waals surface area contributed by atoms with E-state index in [1.165, 1.54) is 29.8 Å². The standard InChI is InChI=1S/C33H46BF5O4S/c1-7-31(6)29(3,4)42-34(43-31)23-9-10-24-21(18-23)17-22(19-44-16-8-14-32(35,36)33(37,38)39)28-25(24)13-15-30(5)26(28)11-12-27(30)41-20(2)40/h9-10,18,22,25-28H,7-8,11-17,19H2,1-6H3/t22-,25+,26-,27-,28+,30-,31?/m0/s1. The molecule has 0 radical (unpaired) electrons. The van der Waals surface area contributed by atoms with E-state index in [0.717, 1.165) is 44.0 Å². The number of carbonyl (C=O) groups excluding carboxylic acids is 1. The Morgan fingerprint density at radius 1 is 1.09 bits per heavy atom. The van der Waals surface area contributed by atoms with E-state index in [2.05, 4.69) is 52.8 Å². The minimum atomic E-state index is -5.51. The normalized spacial score (nSPS) is 34.8. The third-order valence-corrected chi connectivity index (χ3v) is 12.9. The van der Waals surface area contributed by atoms with Crippen molar-refractivity contribution in [1.29, 1.82) is 0 Å². The number of carbonyl (C=O) groups is 1. The van der Waals surface area contributed by atoms with Gasteiger partial charge in [0.2, 0.25) is 0 Å². The molecular formula is C33H46BF5O4S. The predicted octanol–water partition coefficient (Wildman–Crippen LogP) is 8.10. The summed E-state index contributed by atoms with van der Waals surface area (Å²) in [7, 11) is -0.477. The fourth-order valence-electron chi connectivity index (χ4n) is 8.67. The van der Waals surface area contributed by atoms with Crippen molar-refractivity contribution in [2.24, 2.45) is 23.2 Å². The molecule has 0 bridgehead atoms. The summed E-state index contributed by atoms with van der Waals surface area (Å²) in [6.45, 7) is 12.0. The molecule has 0 N–H and O–H groups in total. The van der Waals surface area contributed by atoms with E-state index in [1.54, 1.807) is 0 Å². The van der Waals surface area contributed by atoms with Gasteiger partial charge in [-0.2, -0.15) is 33.7 Å². The molecule has 246 valence electrons. The summed E-state index contributed by atoms with van der Waals surface area (Å²) < 4.78 is 83.8. The van der Waals surface area contributed by atoms with Gasteiger partial charge in [-0.05, 0) is 117 Å². The molecule has 0 amide bonds. The summed E-state index contributed by atoms with van der Waals surface area (Å²) in [5, 5.41) is 0.